The Hall–Kier alpha value is -3.51. The number of allylic oxidation sites excluding steroid dienone is 2. The van der Waals surface area contributed by atoms with Crippen molar-refractivity contribution in [1.82, 2.24) is 9.30 Å². The molecule has 1 aliphatic heterocycles. The van der Waals surface area contributed by atoms with E-state index in [9.17, 15) is 14.4 Å². The van der Waals surface area contributed by atoms with Crippen molar-refractivity contribution in [2.75, 3.05) is 26.3 Å². The molecule has 0 atom stereocenters. The average molecular weight is 386 g/mol. The van der Waals surface area contributed by atoms with Crippen molar-refractivity contribution in [3.8, 4) is 0 Å². The van der Waals surface area contributed by atoms with Gasteiger partial charge in [0.25, 0.3) is 0 Å². The summed E-state index contributed by atoms with van der Waals surface area (Å²) in [6.07, 6.45) is 3.11. The zero-order valence-corrected chi connectivity index (χ0v) is 15.6. The maximum absolute atomic E-state index is 13.3. The monoisotopic (exact) mass is 386 g/mol. The van der Waals surface area contributed by atoms with Gasteiger partial charge in [-0.05, 0) is 18.2 Å². The number of benzene rings is 1. The van der Waals surface area contributed by atoms with Gasteiger partial charge in [-0.1, -0.05) is 30.3 Å². The predicted octanol–water partition coefficient (Wildman–Crippen LogP) is 2.77. The summed E-state index contributed by atoms with van der Waals surface area (Å²) in [5.74, 6) is -0.837. The summed E-state index contributed by atoms with van der Waals surface area (Å²) < 4.78 is 7.04. The normalized spacial score (nSPS) is 16.7. The number of rotatable bonds is 3. The molecule has 1 fully saturated rings. The van der Waals surface area contributed by atoms with Crippen LogP contribution in [-0.4, -0.2) is 53.0 Å². The number of fused-ring (bicyclic) bond motifs is 2. The molecule has 3 aromatic rings. The molecule has 0 unspecified atom stereocenters. The molecule has 5 rings (SSSR count). The number of nitrogens with zero attached hydrogens (tertiary/aromatic N) is 2. The summed E-state index contributed by atoms with van der Waals surface area (Å²) in [6, 6.07) is 14.1. The van der Waals surface area contributed by atoms with Gasteiger partial charge >= 0.3 is 0 Å². The third-order valence-electron chi connectivity index (χ3n) is 5.41. The molecule has 6 nitrogen and oxygen atoms in total. The molecule has 2 aliphatic rings. The van der Waals surface area contributed by atoms with E-state index in [0.29, 0.717) is 43.1 Å². The molecule has 6 heteroatoms. The van der Waals surface area contributed by atoms with E-state index >= 15 is 0 Å². The fourth-order valence-corrected chi connectivity index (χ4v) is 4.00. The standard InChI is InChI=1S/C23H18N2O4/c26-19-14-18(24-9-11-29-12-10-24)23(28)17-13-16-7-4-8-25(16)21(20(17)19)22(27)15-5-2-1-3-6-15/h1-8,13-14H,9-12H2. The van der Waals surface area contributed by atoms with Gasteiger partial charge in [0.05, 0.1) is 24.5 Å². The molecule has 0 amide bonds. The highest BCUT2D eigenvalue weighted by molar-refractivity contribution is 6.28. The van der Waals surface area contributed by atoms with Gasteiger partial charge in [0.15, 0.2) is 5.78 Å². The van der Waals surface area contributed by atoms with Crippen LogP contribution in [0.25, 0.3) is 5.52 Å². The molecule has 29 heavy (non-hydrogen) atoms. The van der Waals surface area contributed by atoms with Crippen LogP contribution >= 0.6 is 0 Å². The molecule has 0 radical (unpaired) electrons. The van der Waals surface area contributed by atoms with Crippen LogP contribution in [0.4, 0.5) is 0 Å². The molecule has 1 saturated heterocycles. The van der Waals surface area contributed by atoms with Crippen molar-refractivity contribution < 1.29 is 19.1 Å². The Balaban J connectivity index is 1.70. The molecule has 0 bridgehead atoms. The second-order valence-corrected chi connectivity index (χ2v) is 7.10. The summed E-state index contributed by atoms with van der Waals surface area (Å²) in [7, 11) is 0. The maximum atomic E-state index is 13.3. The number of ketones is 3. The van der Waals surface area contributed by atoms with E-state index in [-0.39, 0.29) is 34.2 Å². The smallest absolute Gasteiger partial charge is 0.210 e. The largest absolute Gasteiger partial charge is 0.378 e. The van der Waals surface area contributed by atoms with Gasteiger partial charge in [0.1, 0.15) is 5.69 Å². The summed E-state index contributed by atoms with van der Waals surface area (Å²) in [5.41, 5.74) is 2.23. The molecule has 144 valence electrons. The van der Waals surface area contributed by atoms with Crippen LogP contribution in [0.3, 0.4) is 0 Å². The van der Waals surface area contributed by atoms with Gasteiger partial charge in [-0.15, -0.1) is 0 Å². The first kappa shape index (κ1) is 17.6. The first-order valence-electron chi connectivity index (χ1n) is 9.52. The first-order chi connectivity index (χ1) is 14.1. The lowest BCUT2D eigenvalue weighted by Gasteiger charge is -2.32. The van der Waals surface area contributed by atoms with Crippen molar-refractivity contribution in [2.45, 2.75) is 0 Å². The number of Topliss-reactive ketones (excluding diaryl/α,β-unsaturated/α-hetero) is 1. The predicted molar refractivity (Wildman–Crippen MR) is 106 cm³/mol. The van der Waals surface area contributed by atoms with E-state index in [4.69, 9.17) is 4.74 Å². The van der Waals surface area contributed by atoms with Gasteiger partial charge in [-0.2, -0.15) is 0 Å². The summed E-state index contributed by atoms with van der Waals surface area (Å²) in [6.45, 7) is 2.15. The number of ether oxygens (including phenoxy) is 1. The number of carbonyl (C=O) groups is 3. The average Bonchev–Trinajstić information content (AvgIpc) is 3.24. The van der Waals surface area contributed by atoms with Gasteiger partial charge < -0.3 is 14.0 Å². The molecule has 1 aliphatic carbocycles. The third kappa shape index (κ3) is 2.80. The highest BCUT2D eigenvalue weighted by Crippen LogP contribution is 2.30. The first-order valence-corrected chi connectivity index (χ1v) is 9.52. The SMILES string of the molecule is O=C1C(N2CCOCC2)=CC(=O)c2c1cc1cccn1c2C(=O)c1ccccc1. The minimum Gasteiger partial charge on any atom is -0.378 e. The maximum Gasteiger partial charge on any atom is 0.210 e. The van der Waals surface area contributed by atoms with Crippen molar-refractivity contribution >= 4 is 22.9 Å². The number of aromatic nitrogens is 1. The summed E-state index contributed by atoms with van der Waals surface area (Å²) in [4.78, 5) is 41.7. The van der Waals surface area contributed by atoms with Crippen LogP contribution in [0, 0.1) is 0 Å². The molecule has 3 heterocycles. The van der Waals surface area contributed by atoms with Crippen molar-refractivity contribution in [2.24, 2.45) is 0 Å². The lowest BCUT2D eigenvalue weighted by atomic mass is 9.88. The fraction of sp³-hybridized carbons (Fsp3) is 0.174. The van der Waals surface area contributed by atoms with Gasteiger partial charge in [-0.3, -0.25) is 14.4 Å². The molecular formula is C23H18N2O4. The number of pyridine rings is 1. The Morgan fingerprint density at radius 3 is 2.48 bits per heavy atom. The minimum absolute atomic E-state index is 0.171. The molecule has 0 N–H and O–H groups in total. The highest BCUT2D eigenvalue weighted by atomic mass is 16.5. The lowest BCUT2D eigenvalue weighted by molar-refractivity contribution is 0.0501. The molecule has 1 aromatic carbocycles. The third-order valence-corrected chi connectivity index (χ3v) is 5.41. The van der Waals surface area contributed by atoms with Crippen LogP contribution < -0.4 is 0 Å². The molecule has 0 saturated carbocycles. The van der Waals surface area contributed by atoms with E-state index in [1.54, 1.807) is 47.0 Å². The number of morpholine rings is 1. The van der Waals surface area contributed by atoms with Crippen LogP contribution in [0.15, 0.2) is 66.5 Å². The second-order valence-electron chi connectivity index (χ2n) is 7.10. The van der Waals surface area contributed by atoms with E-state index in [2.05, 4.69) is 0 Å². The van der Waals surface area contributed by atoms with Gasteiger partial charge in [-0.25, -0.2) is 0 Å². The summed E-state index contributed by atoms with van der Waals surface area (Å²) in [5, 5.41) is 0. The van der Waals surface area contributed by atoms with Crippen molar-refractivity contribution in [3.63, 3.8) is 0 Å². The second kappa shape index (κ2) is 6.83. The Morgan fingerprint density at radius 1 is 0.966 bits per heavy atom. The molecule has 0 spiro atoms. The Morgan fingerprint density at radius 2 is 1.72 bits per heavy atom. The van der Waals surface area contributed by atoms with Crippen molar-refractivity contribution in [3.05, 3.63) is 88.9 Å². The van der Waals surface area contributed by atoms with Crippen LogP contribution in [-0.2, 0) is 4.74 Å². The van der Waals surface area contributed by atoms with Gasteiger partial charge in [0, 0.05) is 42.0 Å². The summed E-state index contributed by atoms with van der Waals surface area (Å²) >= 11 is 0. The zero-order valence-electron chi connectivity index (χ0n) is 15.6. The van der Waals surface area contributed by atoms with E-state index < -0.39 is 0 Å². The minimum atomic E-state index is -0.323. The number of hydrogen-bond acceptors (Lipinski definition) is 5. The number of carbonyl (C=O) groups excluding carboxylic acids is 3. The number of hydrogen-bond donors (Lipinski definition) is 0. The Kier molecular flexibility index (Phi) is 4.14. The Labute approximate surface area is 167 Å². The van der Waals surface area contributed by atoms with Gasteiger partial charge in [0.2, 0.25) is 11.6 Å². The topological polar surface area (TPSA) is 68.1 Å². The highest BCUT2D eigenvalue weighted by Gasteiger charge is 2.34. The quantitative estimate of drug-likeness (QED) is 0.648. The molecular weight excluding hydrogens is 368 g/mol. The van der Waals surface area contributed by atoms with Crippen LogP contribution in [0.5, 0.6) is 0 Å². The van der Waals surface area contributed by atoms with E-state index in [1.165, 1.54) is 6.08 Å². The van der Waals surface area contributed by atoms with Crippen molar-refractivity contribution in [1.29, 1.82) is 0 Å². The van der Waals surface area contributed by atoms with Crippen LogP contribution in [0.2, 0.25) is 0 Å². The molecule has 2 aromatic heterocycles. The van der Waals surface area contributed by atoms with E-state index in [0.717, 1.165) is 0 Å². The lowest BCUT2D eigenvalue weighted by Crippen LogP contribution is -2.40. The Bertz CT molecular complexity index is 1180. The zero-order chi connectivity index (χ0) is 20.0. The van der Waals surface area contributed by atoms with Crippen LogP contribution in [0.1, 0.15) is 36.8 Å². The fourth-order valence-electron chi connectivity index (χ4n) is 4.00. The van der Waals surface area contributed by atoms with E-state index in [1.807, 2.05) is 17.0 Å².